The summed E-state index contributed by atoms with van der Waals surface area (Å²) in [7, 11) is -3.66. The molecule has 3 aromatic carbocycles. The number of aryl methyl sites for hydroxylation is 1. The summed E-state index contributed by atoms with van der Waals surface area (Å²) in [6.45, 7) is 9.20. The van der Waals surface area contributed by atoms with Gasteiger partial charge in [-0.25, -0.2) is 13.1 Å². The number of benzene rings is 3. The summed E-state index contributed by atoms with van der Waals surface area (Å²) in [4.78, 5) is 20.0. The highest BCUT2D eigenvalue weighted by Crippen LogP contribution is 2.41. The van der Waals surface area contributed by atoms with Crippen molar-refractivity contribution in [2.24, 2.45) is 5.92 Å². The van der Waals surface area contributed by atoms with E-state index in [4.69, 9.17) is 0 Å². The van der Waals surface area contributed by atoms with Crippen molar-refractivity contribution in [2.45, 2.75) is 75.6 Å². The average molecular weight is 584 g/mol. The third kappa shape index (κ3) is 5.29. The Hall–Kier alpha value is -3.42. The lowest BCUT2D eigenvalue weighted by atomic mass is 9.76. The van der Waals surface area contributed by atoms with Gasteiger partial charge in [0.1, 0.15) is 0 Å². The fourth-order valence-electron chi connectivity index (χ4n) is 6.88. The highest BCUT2D eigenvalue weighted by atomic mass is 32.2. The number of nitrogens with one attached hydrogen (secondary N) is 2. The van der Waals surface area contributed by atoms with Crippen LogP contribution in [0.5, 0.6) is 0 Å². The molecule has 1 aliphatic carbocycles. The van der Waals surface area contributed by atoms with Crippen molar-refractivity contribution >= 4 is 26.8 Å². The van der Waals surface area contributed by atoms with E-state index in [0.29, 0.717) is 12.0 Å². The maximum absolute atomic E-state index is 14.0. The lowest BCUT2D eigenvalue weighted by molar-refractivity contribution is -0.144. The third-order valence-corrected chi connectivity index (χ3v) is 11.0. The van der Waals surface area contributed by atoms with Crippen molar-refractivity contribution in [3.63, 3.8) is 0 Å². The van der Waals surface area contributed by atoms with E-state index in [9.17, 15) is 13.2 Å². The number of amides is 1. The van der Waals surface area contributed by atoms with Crippen LogP contribution in [0.2, 0.25) is 0 Å². The first-order valence-corrected chi connectivity index (χ1v) is 16.6. The highest BCUT2D eigenvalue weighted by Gasteiger charge is 2.42. The topological polar surface area (TPSA) is 82.3 Å². The van der Waals surface area contributed by atoms with E-state index < -0.39 is 15.4 Å². The Morgan fingerprint density at radius 1 is 1.00 bits per heavy atom. The summed E-state index contributed by atoms with van der Waals surface area (Å²) < 4.78 is 29.1. The third-order valence-electron chi connectivity index (χ3n) is 9.53. The van der Waals surface area contributed by atoms with Gasteiger partial charge in [0.25, 0.3) is 0 Å². The van der Waals surface area contributed by atoms with E-state index in [-0.39, 0.29) is 23.3 Å². The fraction of sp³-hybridized carbons (Fsp3) is 0.400. The Balaban J connectivity index is 1.36. The maximum atomic E-state index is 14.0. The van der Waals surface area contributed by atoms with Gasteiger partial charge in [-0.2, -0.15) is 0 Å². The van der Waals surface area contributed by atoms with E-state index in [0.717, 1.165) is 58.2 Å². The van der Waals surface area contributed by atoms with E-state index in [1.54, 1.807) is 12.1 Å². The van der Waals surface area contributed by atoms with Crippen LogP contribution in [0.1, 0.15) is 69.1 Å². The number of carbonyl (C=O) groups excluding carboxylic acids is 1. The van der Waals surface area contributed by atoms with E-state index >= 15 is 0 Å². The second-order valence-electron chi connectivity index (χ2n) is 12.9. The lowest BCUT2D eigenvalue weighted by Gasteiger charge is -2.47. The van der Waals surface area contributed by atoms with Crippen molar-refractivity contribution in [2.75, 3.05) is 13.1 Å². The summed E-state index contributed by atoms with van der Waals surface area (Å²) in [6.07, 6.45) is 4.70. The minimum absolute atomic E-state index is 0.138. The Morgan fingerprint density at radius 3 is 2.33 bits per heavy atom. The van der Waals surface area contributed by atoms with Gasteiger partial charge in [0.15, 0.2) is 0 Å². The van der Waals surface area contributed by atoms with Gasteiger partial charge in [0.05, 0.1) is 16.0 Å². The van der Waals surface area contributed by atoms with Crippen LogP contribution in [-0.2, 0) is 20.2 Å². The molecular formula is C35H41N3O3S. The summed E-state index contributed by atoms with van der Waals surface area (Å²) in [5, 5.41) is 1.02. The van der Waals surface area contributed by atoms with Gasteiger partial charge >= 0.3 is 0 Å². The number of aromatic amines is 1. The molecule has 3 heterocycles. The number of fused-ring (bicyclic) bond motifs is 4. The zero-order valence-corrected chi connectivity index (χ0v) is 25.8. The smallest absolute Gasteiger partial charge is 0.240 e. The van der Waals surface area contributed by atoms with Gasteiger partial charge in [-0.15, -0.1) is 0 Å². The highest BCUT2D eigenvalue weighted by molar-refractivity contribution is 7.89. The van der Waals surface area contributed by atoms with E-state index in [1.165, 1.54) is 12.8 Å². The molecule has 1 aromatic heterocycles. The maximum Gasteiger partial charge on any atom is 0.240 e. The van der Waals surface area contributed by atoms with Gasteiger partial charge in [-0.3, -0.25) is 4.79 Å². The predicted octanol–water partition coefficient (Wildman–Crippen LogP) is 6.90. The second kappa shape index (κ2) is 11.0. The SMILES string of the molecule is Cc1ccc(S(=O)(=O)NCC(C)c2c(-c3ccccc3)[nH]c3ccc(C(C)(C)C(=O)N4CC5CCC4CC5)cc23)cc1. The number of rotatable bonds is 8. The second-order valence-corrected chi connectivity index (χ2v) is 14.6. The number of aromatic nitrogens is 1. The van der Waals surface area contributed by atoms with Crippen molar-refractivity contribution < 1.29 is 13.2 Å². The molecule has 2 N–H and O–H groups in total. The Bertz CT molecular complexity index is 1700. The van der Waals surface area contributed by atoms with Crippen LogP contribution >= 0.6 is 0 Å². The molecule has 1 atom stereocenters. The van der Waals surface area contributed by atoms with Gasteiger partial charge in [0.2, 0.25) is 15.9 Å². The summed E-state index contributed by atoms with van der Waals surface area (Å²) in [5.74, 6) is 0.697. The quantitative estimate of drug-likeness (QED) is 0.237. The molecule has 6 nitrogen and oxygen atoms in total. The first kappa shape index (κ1) is 28.7. The number of piperidine rings is 2. The zero-order valence-electron chi connectivity index (χ0n) is 25.0. The first-order valence-electron chi connectivity index (χ1n) is 15.1. The Labute approximate surface area is 249 Å². The zero-order chi connectivity index (χ0) is 29.6. The lowest BCUT2D eigenvalue weighted by Crippen LogP contribution is -2.55. The molecule has 2 aliphatic heterocycles. The molecule has 2 saturated heterocycles. The van der Waals surface area contributed by atoms with Crippen molar-refractivity contribution in [3.8, 4) is 11.3 Å². The van der Waals surface area contributed by atoms with Crippen molar-refractivity contribution in [3.05, 3.63) is 89.5 Å². The Kier molecular flexibility index (Phi) is 7.52. The molecule has 7 heteroatoms. The average Bonchev–Trinajstić information content (AvgIpc) is 3.40. The van der Waals surface area contributed by atoms with E-state index in [2.05, 4.69) is 51.9 Å². The van der Waals surface area contributed by atoms with Crippen LogP contribution < -0.4 is 4.72 Å². The molecular weight excluding hydrogens is 542 g/mol. The van der Waals surface area contributed by atoms with Crippen molar-refractivity contribution in [1.29, 1.82) is 0 Å². The van der Waals surface area contributed by atoms with Gasteiger partial charge in [-0.05, 0) is 99.2 Å². The molecule has 3 fully saturated rings. The predicted molar refractivity (Wildman–Crippen MR) is 169 cm³/mol. The molecule has 1 unspecified atom stereocenters. The van der Waals surface area contributed by atoms with Crippen molar-refractivity contribution in [1.82, 2.24) is 14.6 Å². The minimum atomic E-state index is -3.66. The number of carbonyl (C=O) groups is 1. The van der Waals surface area contributed by atoms with Gasteiger partial charge in [0, 0.05) is 30.0 Å². The number of hydrogen-bond donors (Lipinski definition) is 2. The summed E-state index contributed by atoms with van der Waals surface area (Å²) in [6, 6.07) is 23.7. The number of nitrogens with zero attached hydrogens (tertiary/aromatic N) is 1. The number of hydrogen-bond acceptors (Lipinski definition) is 3. The molecule has 220 valence electrons. The van der Waals surface area contributed by atoms with Gasteiger partial charge < -0.3 is 9.88 Å². The molecule has 0 spiro atoms. The molecule has 3 aliphatic rings. The Morgan fingerprint density at radius 2 is 1.69 bits per heavy atom. The monoisotopic (exact) mass is 583 g/mol. The largest absolute Gasteiger partial charge is 0.354 e. The van der Waals surface area contributed by atoms with Crippen LogP contribution in [0, 0.1) is 12.8 Å². The molecule has 1 saturated carbocycles. The molecule has 7 rings (SSSR count). The van der Waals surface area contributed by atoms with Crippen LogP contribution in [0.4, 0.5) is 0 Å². The molecule has 4 aromatic rings. The number of H-pyrrole nitrogens is 1. The normalized spacial score (nSPS) is 19.8. The molecule has 1 amide bonds. The molecule has 0 radical (unpaired) electrons. The van der Waals surface area contributed by atoms with Crippen LogP contribution in [0.25, 0.3) is 22.2 Å². The first-order chi connectivity index (χ1) is 20.0. The molecule has 42 heavy (non-hydrogen) atoms. The fourth-order valence-corrected chi connectivity index (χ4v) is 8.01. The van der Waals surface area contributed by atoms with Crippen LogP contribution in [-0.4, -0.2) is 43.3 Å². The van der Waals surface area contributed by atoms with Crippen LogP contribution in [0.3, 0.4) is 0 Å². The number of sulfonamides is 1. The summed E-state index contributed by atoms with van der Waals surface area (Å²) in [5.41, 5.74) is 5.35. The standard InChI is InChI=1S/C35H41N3O3S/c1-23-10-17-29(18-11-23)42(40,41)36-21-24(2)32-30-20-27(14-19-31(30)37-33(32)26-8-6-5-7-9-26)35(3,4)34(39)38-22-25-12-15-28(38)16-13-25/h5-11,14,17-20,24-25,28,36-37H,12-13,15-16,21-22H2,1-4H3. The summed E-state index contributed by atoms with van der Waals surface area (Å²) >= 11 is 0. The minimum Gasteiger partial charge on any atom is -0.354 e. The van der Waals surface area contributed by atoms with Gasteiger partial charge in [-0.1, -0.05) is 61.0 Å². The van der Waals surface area contributed by atoms with Crippen LogP contribution in [0.15, 0.2) is 77.7 Å². The van der Waals surface area contributed by atoms with E-state index in [1.807, 2.05) is 51.1 Å². The molecule has 2 bridgehead atoms.